The van der Waals surface area contributed by atoms with Crippen molar-refractivity contribution in [2.75, 3.05) is 37.6 Å². The lowest BCUT2D eigenvalue weighted by atomic mass is 10.0. The van der Waals surface area contributed by atoms with Gasteiger partial charge in [-0.3, -0.25) is 4.90 Å². The fourth-order valence-electron chi connectivity index (χ4n) is 4.58. The molecule has 1 saturated heterocycles. The van der Waals surface area contributed by atoms with Crippen molar-refractivity contribution in [2.24, 2.45) is 0 Å². The summed E-state index contributed by atoms with van der Waals surface area (Å²) in [5.41, 5.74) is 5.56. The highest BCUT2D eigenvalue weighted by molar-refractivity contribution is 5.94. The maximum atomic E-state index is 12.4. The quantitative estimate of drug-likeness (QED) is 0.488. The summed E-state index contributed by atoms with van der Waals surface area (Å²) in [6.07, 6.45) is 0. The zero-order valence-corrected chi connectivity index (χ0v) is 19.2. The van der Waals surface area contributed by atoms with Gasteiger partial charge >= 0.3 is 11.8 Å². The SMILES string of the molecule is CCNC(=O)n1c(=O)oc2c(N3CCN(Cc4cccc(-c5ccccc5)c4)CC3)cccc21. The molecule has 0 spiro atoms. The zero-order valence-electron chi connectivity index (χ0n) is 19.2. The molecule has 1 amide bonds. The van der Waals surface area contributed by atoms with Crippen molar-refractivity contribution < 1.29 is 9.21 Å². The van der Waals surface area contributed by atoms with Gasteiger partial charge in [0.25, 0.3) is 0 Å². The number of carbonyl (C=O) groups excluding carboxylic acids is 1. The third kappa shape index (κ3) is 4.34. The van der Waals surface area contributed by atoms with E-state index in [0.717, 1.165) is 43.0 Å². The van der Waals surface area contributed by atoms with Crippen molar-refractivity contribution in [3.05, 3.63) is 88.9 Å². The van der Waals surface area contributed by atoms with Crippen molar-refractivity contribution in [3.63, 3.8) is 0 Å². The van der Waals surface area contributed by atoms with Crippen molar-refractivity contribution >= 4 is 22.8 Å². The first kappa shape index (κ1) is 22.0. The topological polar surface area (TPSA) is 70.7 Å². The molecule has 5 rings (SSSR count). The van der Waals surface area contributed by atoms with E-state index >= 15 is 0 Å². The van der Waals surface area contributed by atoms with Crippen LogP contribution >= 0.6 is 0 Å². The average molecular weight is 457 g/mol. The number of nitrogens with one attached hydrogen (secondary N) is 1. The minimum atomic E-state index is -0.662. The van der Waals surface area contributed by atoms with Crippen LogP contribution in [0.4, 0.5) is 10.5 Å². The second-order valence-corrected chi connectivity index (χ2v) is 8.49. The van der Waals surface area contributed by atoms with Gasteiger partial charge in [-0.25, -0.2) is 9.59 Å². The van der Waals surface area contributed by atoms with E-state index in [0.29, 0.717) is 17.6 Å². The summed E-state index contributed by atoms with van der Waals surface area (Å²) >= 11 is 0. The molecule has 1 N–H and O–H groups in total. The molecule has 3 aromatic carbocycles. The Bertz CT molecular complexity index is 1350. The van der Waals surface area contributed by atoms with E-state index in [1.807, 2.05) is 25.1 Å². The van der Waals surface area contributed by atoms with Gasteiger partial charge in [-0.05, 0) is 41.8 Å². The minimum Gasteiger partial charge on any atom is -0.405 e. The molecular formula is C27H28N4O3. The van der Waals surface area contributed by atoms with Crippen molar-refractivity contribution in [1.82, 2.24) is 14.8 Å². The Balaban J connectivity index is 1.29. The van der Waals surface area contributed by atoms with Crippen LogP contribution in [0.15, 0.2) is 82.0 Å². The van der Waals surface area contributed by atoms with Gasteiger partial charge in [-0.1, -0.05) is 54.6 Å². The summed E-state index contributed by atoms with van der Waals surface area (Å²) in [5.74, 6) is -0.662. The van der Waals surface area contributed by atoms with Crippen LogP contribution in [-0.4, -0.2) is 48.2 Å². The van der Waals surface area contributed by atoms with E-state index in [9.17, 15) is 9.59 Å². The summed E-state index contributed by atoms with van der Waals surface area (Å²) < 4.78 is 6.59. The Hall–Kier alpha value is -3.84. The summed E-state index contributed by atoms with van der Waals surface area (Å²) in [6, 6.07) is 24.2. The fourth-order valence-corrected chi connectivity index (χ4v) is 4.58. The lowest BCUT2D eigenvalue weighted by molar-refractivity contribution is 0.241. The highest BCUT2D eigenvalue weighted by atomic mass is 16.4. The molecule has 0 radical (unpaired) electrons. The number of hydrogen-bond acceptors (Lipinski definition) is 5. The largest absolute Gasteiger partial charge is 0.428 e. The first-order chi connectivity index (χ1) is 16.6. The third-order valence-electron chi connectivity index (χ3n) is 6.27. The molecule has 0 atom stereocenters. The number of nitrogens with zero attached hydrogens (tertiary/aromatic N) is 3. The second-order valence-electron chi connectivity index (χ2n) is 8.49. The molecule has 0 unspecified atom stereocenters. The summed E-state index contributed by atoms with van der Waals surface area (Å²) in [5, 5.41) is 2.67. The van der Waals surface area contributed by atoms with Crippen LogP contribution in [0.1, 0.15) is 12.5 Å². The number of aromatic nitrogens is 1. The maximum Gasteiger partial charge on any atom is 0.428 e. The first-order valence-corrected chi connectivity index (χ1v) is 11.7. The predicted molar refractivity (Wildman–Crippen MR) is 134 cm³/mol. The van der Waals surface area contributed by atoms with E-state index in [-0.39, 0.29) is 0 Å². The number of fused-ring (bicyclic) bond motifs is 1. The standard InChI is InChI=1S/C27H28N4O3/c1-2-28-26(32)31-24-13-7-12-23(25(24)34-27(31)33)30-16-14-29(15-17-30)19-20-8-6-11-22(18-20)21-9-4-3-5-10-21/h3-13,18H,2,14-17,19H2,1H3,(H,28,32). The summed E-state index contributed by atoms with van der Waals surface area (Å²) in [4.78, 5) is 29.4. The Kier molecular flexibility index (Phi) is 6.18. The van der Waals surface area contributed by atoms with Crippen LogP contribution in [0.3, 0.4) is 0 Å². The number of benzene rings is 3. The van der Waals surface area contributed by atoms with Crippen LogP contribution in [-0.2, 0) is 6.54 Å². The molecule has 1 aromatic heterocycles. The second kappa shape index (κ2) is 9.57. The summed E-state index contributed by atoms with van der Waals surface area (Å²) in [6.45, 7) is 6.56. The molecule has 34 heavy (non-hydrogen) atoms. The maximum absolute atomic E-state index is 12.4. The van der Waals surface area contributed by atoms with Gasteiger partial charge in [-0.2, -0.15) is 4.57 Å². The number of anilines is 1. The molecule has 1 aliphatic heterocycles. The van der Waals surface area contributed by atoms with E-state index < -0.39 is 11.8 Å². The molecule has 4 aromatic rings. The van der Waals surface area contributed by atoms with Gasteiger partial charge in [-0.15, -0.1) is 0 Å². The highest BCUT2D eigenvalue weighted by Gasteiger charge is 2.23. The molecule has 1 fully saturated rings. The predicted octanol–water partition coefficient (Wildman–Crippen LogP) is 4.16. The number of piperazine rings is 1. The van der Waals surface area contributed by atoms with Crippen molar-refractivity contribution in [2.45, 2.75) is 13.5 Å². The fraction of sp³-hybridized carbons (Fsp3) is 0.259. The minimum absolute atomic E-state index is 0.438. The van der Waals surface area contributed by atoms with Gasteiger partial charge in [0.05, 0.1) is 5.69 Å². The zero-order chi connectivity index (χ0) is 23.5. The Labute approximate surface area is 198 Å². The van der Waals surface area contributed by atoms with Crippen LogP contribution in [0.2, 0.25) is 0 Å². The van der Waals surface area contributed by atoms with Gasteiger partial charge in [0.1, 0.15) is 5.52 Å². The van der Waals surface area contributed by atoms with Crippen molar-refractivity contribution in [3.8, 4) is 11.1 Å². The first-order valence-electron chi connectivity index (χ1n) is 11.7. The van der Waals surface area contributed by atoms with E-state index in [4.69, 9.17) is 4.42 Å². The van der Waals surface area contributed by atoms with Crippen molar-refractivity contribution in [1.29, 1.82) is 0 Å². The molecule has 7 nitrogen and oxygen atoms in total. The van der Waals surface area contributed by atoms with E-state index in [1.165, 1.54) is 16.7 Å². The molecule has 174 valence electrons. The summed E-state index contributed by atoms with van der Waals surface area (Å²) in [7, 11) is 0. The normalized spacial score (nSPS) is 14.4. The number of amides is 1. The third-order valence-corrected chi connectivity index (χ3v) is 6.27. The molecule has 0 saturated carbocycles. The van der Waals surface area contributed by atoms with Gasteiger partial charge in [0, 0.05) is 39.3 Å². The number of para-hydroxylation sites is 1. The Morgan fingerprint density at radius 2 is 1.65 bits per heavy atom. The number of hydrogen-bond donors (Lipinski definition) is 1. The molecule has 2 heterocycles. The Morgan fingerprint density at radius 1 is 0.912 bits per heavy atom. The molecule has 1 aliphatic rings. The lowest BCUT2D eigenvalue weighted by Gasteiger charge is -2.36. The smallest absolute Gasteiger partial charge is 0.405 e. The van der Waals surface area contributed by atoms with Crippen LogP contribution < -0.4 is 16.0 Å². The number of carbonyl (C=O) groups is 1. The van der Waals surface area contributed by atoms with E-state index in [2.05, 4.69) is 63.6 Å². The molecule has 7 heteroatoms. The van der Waals surface area contributed by atoms with E-state index in [1.54, 1.807) is 6.07 Å². The Morgan fingerprint density at radius 3 is 2.41 bits per heavy atom. The monoisotopic (exact) mass is 456 g/mol. The molecule has 0 bridgehead atoms. The number of oxazole rings is 1. The number of rotatable bonds is 5. The molecule has 0 aliphatic carbocycles. The van der Waals surface area contributed by atoms with Crippen LogP contribution in [0.5, 0.6) is 0 Å². The van der Waals surface area contributed by atoms with Gasteiger partial charge < -0.3 is 14.6 Å². The van der Waals surface area contributed by atoms with Gasteiger partial charge in [0.2, 0.25) is 0 Å². The van der Waals surface area contributed by atoms with Gasteiger partial charge in [0.15, 0.2) is 5.58 Å². The van der Waals surface area contributed by atoms with Crippen LogP contribution in [0.25, 0.3) is 22.2 Å². The highest BCUT2D eigenvalue weighted by Crippen LogP contribution is 2.28. The average Bonchev–Trinajstić information content (AvgIpc) is 3.21. The lowest BCUT2D eigenvalue weighted by Crippen LogP contribution is -2.46. The van der Waals surface area contributed by atoms with Crippen LogP contribution in [0, 0.1) is 0 Å². The molecular weight excluding hydrogens is 428 g/mol.